The highest BCUT2D eigenvalue weighted by Gasteiger charge is 2.35. The molecule has 1 aromatic carbocycles. The predicted octanol–water partition coefficient (Wildman–Crippen LogP) is 3.61. The lowest BCUT2D eigenvalue weighted by atomic mass is 10.1. The van der Waals surface area contributed by atoms with Crippen molar-refractivity contribution in [2.75, 3.05) is 32.0 Å². The van der Waals surface area contributed by atoms with Gasteiger partial charge in [-0.25, -0.2) is 0 Å². The van der Waals surface area contributed by atoms with E-state index in [2.05, 4.69) is 17.1 Å². The summed E-state index contributed by atoms with van der Waals surface area (Å²) in [6, 6.07) is 4.10. The summed E-state index contributed by atoms with van der Waals surface area (Å²) in [5.41, 5.74) is -0.289. The van der Waals surface area contributed by atoms with Crippen molar-refractivity contribution in [3.8, 4) is 5.75 Å². The zero-order valence-corrected chi connectivity index (χ0v) is 12.3. The highest BCUT2D eigenvalue weighted by atomic mass is 19.4. The zero-order chi connectivity index (χ0) is 15.5. The Morgan fingerprint density at radius 2 is 1.95 bits per heavy atom. The molecule has 0 aromatic heterocycles. The first-order chi connectivity index (χ1) is 9.94. The van der Waals surface area contributed by atoms with E-state index in [1.165, 1.54) is 6.07 Å². The molecule has 0 unspecified atom stereocenters. The number of ether oxygens (including phenoxy) is 1. The quantitative estimate of drug-likeness (QED) is 0.919. The number of anilines is 1. The molecule has 3 nitrogen and oxygen atoms in total. The number of likely N-dealkylation sites (tertiary alicyclic amines) is 1. The third-order valence-electron chi connectivity index (χ3n) is 3.85. The molecule has 1 aromatic rings. The normalized spacial score (nSPS) is 17.8. The molecule has 1 fully saturated rings. The molecule has 1 N–H and O–H groups in total. The van der Waals surface area contributed by atoms with E-state index in [0.29, 0.717) is 5.69 Å². The van der Waals surface area contributed by atoms with Gasteiger partial charge in [0.1, 0.15) is 11.9 Å². The Bertz CT molecular complexity index is 468. The Balaban J connectivity index is 2.13. The molecule has 6 heteroatoms. The number of benzene rings is 1. The molecule has 0 spiro atoms. The third-order valence-corrected chi connectivity index (χ3v) is 3.85. The molecule has 2 rings (SSSR count). The van der Waals surface area contributed by atoms with Crippen molar-refractivity contribution in [1.82, 2.24) is 4.90 Å². The minimum Gasteiger partial charge on any atom is -0.490 e. The molecule has 1 saturated heterocycles. The van der Waals surface area contributed by atoms with Crippen molar-refractivity contribution < 1.29 is 17.9 Å². The van der Waals surface area contributed by atoms with E-state index in [1.807, 2.05) is 0 Å². The van der Waals surface area contributed by atoms with Gasteiger partial charge in [0.25, 0.3) is 0 Å². The van der Waals surface area contributed by atoms with Gasteiger partial charge in [-0.05, 0) is 37.6 Å². The first kappa shape index (κ1) is 15.9. The minimum atomic E-state index is -4.41. The van der Waals surface area contributed by atoms with Crippen LogP contribution in [0.2, 0.25) is 0 Å². The first-order valence-corrected chi connectivity index (χ1v) is 7.22. The average molecular weight is 302 g/mol. The van der Waals surface area contributed by atoms with Crippen molar-refractivity contribution in [2.45, 2.75) is 32.0 Å². The molecule has 0 bridgehead atoms. The van der Waals surface area contributed by atoms with Crippen LogP contribution in [0, 0.1) is 0 Å². The van der Waals surface area contributed by atoms with Crippen LogP contribution in [0.25, 0.3) is 0 Å². The van der Waals surface area contributed by atoms with E-state index in [4.69, 9.17) is 4.74 Å². The average Bonchev–Trinajstić information content (AvgIpc) is 2.47. The lowest BCUT2D eigenvalue weighted by Crippen LogP contribution is -2.38. The van der Waals surface area contributed by atoms with Gasteiger partial charge >= 0.3 is 6.18 Å². The molecule has 0 atom stereocenters. The van der Waals surface area contributed by atoms with Gasteiger partial charge in [0.15, 0.2) is 0 Å². The third kappa shape index (κ3) is 4.03. The molecule has 118 valence electrons. The van der Waals surface area contributed by atoms with E-state index in [9.17, 15) is 13.2 Å². The second-order valence-corrected chi connectivity index (χ2v) is 5.21. The number of hydrogen-bond donors (Lipinski definition) is 1. The molecule has 0 amide bonds. The van der Waals surface area contributed by atoms with E-state index in [1.54, 1.807) is 13.1 Å². The predicted molar refractivity (Wildman–Crippen MR) is 76.8 cm³/mol. The van der Waals surface area contributed by atoms with Crippen LogP contribution in [0.15, 0.2) is 18.2 Å². The molecule has 21 heavy (non-hydrogen) atoms. The number of nitrogens with zero attached hydrogens (tertiary/aromatic N) is 1. The summed E-state index contributed by atoms with van der Waals surface area (Å²) in [6.45, 7) is 4.80. The molecule has 0 radical (unpaired) electrons. The van der Waals surface area contributed by atoms with Crippen LogP contribution in [0.1, 0.15) is 25.3 Å². The second-order valence-electron chi connectivity index (χ2n) is 5.21. The summed E-state index contributed by atoms with van der Waals surface area (Å²) in [4.78, 5) is 2.27. The van der Waals surface area contributed by atoms with Gasteiger partial charge in [0, 0.05) is 25.8 Å². The number of piperidine rings is 1. The molecular weight excluding hydrogens is 281 g/mol. The van der Waals surface area contributed by atoms with Crippen molar-refractivity contribution in [3.05, 3.63) is 23.8 Å². The van der Waals surface area contributed by atoms with Gasteiger partial charge in [-0.1, -0.05) is 6.92 Å². The molecule has 1 aliphatic heterocycles. The van der Waals surface area contributed by atoms with E-state index >= 15 is 0 Å². The summed E-state index contributed by atoms with van der Waals surface area (Å²) in [7, 11) is 1.59. The maximum absolute atomic E-state index is 13.1. The van der Waals surface area contributed by atoms with Gasteiger partial charge < -0.3 is 15.0 Å². The lowest BCUT2D eigenvalue weighted by molar-refractivity contribution is -0.139. The Kier molecular flexibility index (Phi) is 4.98. The number of halogens is 3. The van der Waals surface area contributed by atoms with Gasteiger partial charge in [0.2, 0.25) is 0 Å². The van der Waals surface area contributed by atoms with Crippen LogP contribution in [0.3, 0.4) is 0 Å². The van der Waals surface area contributed by atoms with Crippen LogP contribution in [0.4, 0.5) is 18.9 Å². The van der Waals surface area contributed by atoms with Crippen molar-refractivity contribution >= 4 is 5.69 Å². The number of nitrogens with one attached hydrogen (secondary N) is 1. The Morgan fingerprint density at radius 1 is 1.29 bits per heavy atom. The summed E-state index contributed by atoms with van der Waals surface area (Å²) >= 11 is 0. The maximum atomic E-state index is 13.1. The maximum Gasteiger partial charge on any atom is 0.420 e. The summed E-state index contributed by atoms with van der Waals surface area (Å²) < 4.78 is 45.0. The molecule has 0 saturated carbocycles. The van der Waals surface area contributed by atoms with Crippen molar-refractivity contribution in [3.63, 3.8) is 0 Å². The van der Waals surface area contributed by atoms with E-state index < -0.39 is 11.7 Å². The molecule has 1 heterocycles. The highest BCUT2D eigenvalue weighted by molar-refractivity contribution is 5.51. The summed E-state index contributed by atoms with van der Waals surface area (Å²) in [6.07, 6.45) is -3.03. The van der Waals surface area contributed by atoms with Crippen molar-refractivity contribution in [1.29, 1.82) is 0 Å². The fourth-order valence-electron chi connectivity index (χ4n) is 2.53. The first-order valence-electron chi connectivity index (χ1n) is 7.22. The van der Waals surface area contributed by atoms with Crippen LogP contribution >= 0.6 is 0 Å². The smallest absolute Gasteiger partial charge is 0.420 e. The number of rotatable bonds is 4. The molecular formula is C15H21F3N2O. The SMILES string of the molecule is CCN1CCC(Oc2ccc(NC)cc2C(F)(F)F)CC1. The second kappa shape index (κ2) is 6.56. The largest absolute Gasteiger partial charge is 0.490 e. The lowest BCUT2D eigenvalue weighted by Gasteiger charge is -2.31. The summed E-state index contributed by atoms with van der Waals surface area (Å²) in [5.74, 6) is -0.0727. The zero-order valence-electron chi connectivity index (χ0n) is 12.3. The highest BCUT2D eigenvalue weighted by Crippen LogP contribution is 2.38. The Morgan fingerprint density at radius 3 is 2.48 bits per heavy atom. The van der Waals surface area contributed by atoms with Gasteiger partial charge in [-0.2, -0.15) is 13.2 Å². The topological polar surface area (TPSA) is 24.5 Å². The van der Waals surface area contributed by atoms with Crippen LogP contribution in [-0.4, -0.2) is 37.7 Å². The molecule has 0 aliphatic carbocycles. The number of alkyl halides is 3. The molecule has 1 aliphatic rings. The van der Waals surface area contributed by atoms with E-state index in [-0.39, 0.29) is 11.9 Å². The van der Waals surface area contributed by atoms with Gasteiger partial charge in [0.05, 0.1) is 5.56 Å². The monoisotopic (exact) mass is 302 g/mol. The fourth-order valence-corrected chi connectivity index (χ4v) is 2.53. The Hall–Kier alpha value is -1.43. The van der Waals surface area contributed by atoms with Crippen LogP contribution < -0.4 is 10.1 Å². The van der Waals surface area contributed by atoms with Crippen LogP contribution in [0.5, 0.6) is 5.75 Å². The van der Waals surface area contributed by atoms with Crippen LogP contribution in [-0.2, 0) is 6.18 Å². The Labute approximate surface area is 123 Å². The number of hydrogen-bond acceptors (Lipinski definition) is 3. The standard InChI is InChI=1S/C15H21F3N2O/c1-3-20-8-6-12(7-9-20)21-14-5-4-11(19-2)10-13(14)15(16,17)18/h4-5,10,12,19H,3,6-9H2,1-2H3. The van der Waals surface area contributed by atoms with Crippen molar-refractivity contribution in [2.24, 2.45) is 0 Å². The van der Waals surface area contributed by atoms with Gasteiger partial charge in [-0.15, -0.1) is 0 Å². The van der Waals surface area contributed by atoms with E-state index in [0.717, 1.165) is 38.5 Å². The fraction of sp³-hybridized carbons (Fsp3) is 0.600. The minimum absolute atomic E-state index is 0.0727. The van der Waals surface area contributed by atoms with Gasteiger partial charge in [-0.3, -0.25) is 0 Å². The summed E-state index contributed by atoms with van der Waals surface area (Å²) in [5, 5.41) is 2.72.